The van der Waals surface area contributed by atoms with Crippen LogP contribution in [0.4, 0.5) is 0 Å². The average molecular weight is 449 g/mol. The van der Waals surface area contributed by atoms with Crippen molar-refractivity contribution >= 4 is 5.91 Å². The minimum absolute atomic E-state index is 0.0113. The summed E-state index contributed by atoms with van der Waals surface area (Å²) in [7, 11) is 1.54. The van der Waals surface area contributed by atoms with E-state index in [1.165, 1.54) is 7.11 Å². The minimum Gasteiger partial charge on any atom is -0.493 e. The van der Waals surface area contributed by atoms with E-state index in [4.69, 9.17) is 9.47 Å². The molecule has 1 N–H and O–H groups in total. The molecule has 33 heavy (non-hydrogen) atoms. The number of carbonyl (C=O) groups excluding carboxylic acids is 1. The van der Waals surface area contributed by atoms with Gasteiger partial charge in [0.05, 0.1) is 19.1 Å². The molecule has 0 radical (unpaired) electrons. The van der Waals surface area contributed by atoms with E-state index < -0.39 is 10.8 Å². The van der Waals surface area contributed by atoms with Crippen molar-refractivity contribution in [2.45, 2.75) is 31.9 Å². The maximum atomic E-state index is 12.7. The lowest BCUT2D eigenvalue weighted by Gasteiger charge is -2.19. The summed E-state index contributed by atoms with van der Waals surface area (Å²) in [5.41, 5.74) is 2.61. The normalized spacial score (nSPS) is 12.4. The zero-order chi connectivity index (χ0) is 23.6. The molecule has 3 aromatic carbocycles. The molecule has 7 nitrogen and oxygen atoms in total. The molecule has 7 heteroatoms. The van der Waals surface area contributed by atoms with Gasteiger partial charge in [0, 0.05) is 11.3 Å². The number of ether oxygens (including phenoxy) is 2. The van der Waals surface area contributed by atoms with Crippen molar-refractivity contribution < 1.29 is 19.2 Å². The number of carbonyl (C=O) groups is 1. The molecule has 0 heterocycles. The quantitative estimate of drug-likeness (QED) is 0.333. The van der Waals surface area contributed by atoms with Gasteiger partial charge in [0.1, 0.15) is 6.61 Å². The van der Waals surface area contributed by atoms with E-state index in [0.29, 0.717) is 23.7 Å². The van der Waals surface area contributed by atoms with Crippen molar-refractivity contribution in [2.75, 3.05) is 13.7 Å². The van der Waals surface area contributed by atoms with Crippen LogP contribution in [0.2, 0.25) is 0 Å². The summed E-state index contributed by atoms with van der Waals surface area (Å²) in [4.78, 5) is 23.7. The van der Waals surface area contributed by atoms with Gasteiger partial charge in [0.2, 0.25) is 12.5 Å². The predicted molar refractivity (Wildman–Crippen MR) is 126 cm³/mol. The summed E-state index contributed by atoms with van der Waals surface area (Å²) >= 11 is 0. The Bertz CT molecular complexity index is 1060. The number of rotatable bonds is 11. The van der Waals surface area contributed by atoms with Crippen LogP contribution in [-0.4, -0.2) is 24.5 Å². The van der Waals surface area contributed by atoms with Crippen molar-refractivity contribution in [3.05, 3.63) is 106 Å². The minimum atomic E-state index is -0.604. The molecule has 0 fully saturated rings. The van der Waals surface area contributed by atoms with Crippen molar-refractivity contribution in [2.24, 2.45) is 0 Å². The van der Waals surface area contributed by atoms with Crippen LogP contribution >= 0.6 is 0 Å². The second-order valence-electron chi connectivity index (χ2n) is 7.80. The van der Waals surface area contributed by atoms with Gasteiger partial charge in [0.15, 0.2) is 11.5 Å². The number of nitrogens with one attached hydrogen (secondary N) is 1. The Morgan fingerprint density at radius 1 is 0.970 bits per heavy atom. The first-order valence-corrected chi connectivity index (χ1v) is 10.8. The fraction of sp³-hybridized carbons (Fsp3) is 0.269. The fourth-order valence-corrected chi connectivity index (χ4v) is 3.61. The molecule has 0 aromatic heterocycles. The largest absolute Gasteiger partial charge is 0.493 e. The Hall–Kier alpha value is -3.87. The zero-order valence-electron chi connectivity index (χ0n) is 18.8. The van der Waals surface area contributed by atoms with Gasteiger partial charge in [0.25, 0.3) is 0 Å². The van der Waals surface area contributed by atoms with Crippen molar-refractivity contribution in [3.63, 3.8) is 0 Å². The van der Waals surface area contributed by atoms with E-state index in [2.05, 4.69) is 5.32 Å². The Labute approximate surface area is 193 Å². The van der Waals surface area contributed by atoms with Crippen LogP contribution < -0.4 is 14.8 Å². The van der Waals surface area contributed by atoms with Gasteiger partial charge in [-0.25, -0.2) is 0 Å². The SMILES string of the molecule is COc1ccc([C@@H](CC(=O)N[C@@H](C)c2ccccc2)C[N+](=O)[O-])cc1OCc1ccccc1. The first kappa shape index (κ1) is 23.8. The van der Waals surface area contributed by atoms with Crippen molar-refractivity contribution in [3.8, 4) is 11.5 Å². The number of benzene rings is 3. The third-order valence-corrected chi connectivity index (χ3v) is 5.37. The number of hydrogen-bond acceptors (Lipinski definition) is 5. The van der Waals surface area contributed by atoms with E-state index in [9.17, 15) is 14.9 Å². The first-order chi connectivity index (χ1) is 16.0. The highest BCUT2D eigenvalue weighted by molar-refractivity contribution is 5.77. The number of hydrogen-bond donors (Lipinski definition) is 1. The Kier molecular flexibility index (Phi) is 8.41. The highest BCUT2D eigenvalue weighted by Crippen LogP contribution is 2.33. The summed E-state index contributed by atoms with van der Waals surface area (Å²) in [6.45, 7) is 1.85. The van der Waals surface area contributed by atoms with Crippen molar-refractivity contribution in [1.29, 1.82) is 0 Å². The van der Waals surface area contributed by atoms with E-state index in [-0.39, 0.29) is 24.9 Å². The monoisotopic (exact) mass is 448 g/mol. The number of methoxy groups -OCH3 is 1. The smallest absolute Gasteiger partial charge is 0.221 e. The van der Waals surface area contributed by atoms with Gasteiger partial charge < -0.3 is 14.8 Å². The summed E-state index contributed by atoms with van der Waals surface area (Å²) in [5.74, 6) is 0.149. The second-order valence-corrected chi connectivity index (χ2v) is 7.80. The lowest BCUT2D eigenvalue weighted by molar-refractivity contribution is -0.483. The number of nitrogens with zero attached hydrogens (tertiary/aromatic N) is 1. The highest BCUT2D eigenvalue weighted by atomic mass is 16.6. The molecule has 0 saturated heterocycles. The maximum Gasteiger partial charge on any atom is 0.221 e. The van der Waals surface area contributed by atoms with Crippen LogP contribution in [0, 0.1) is 10.1 Å². The molecule has 0 aliphatic heterocycles. The van der Waals surface area contributed by atoms with Crippen LogP contribution in [0.1, 0.15) is 42.0 Å². The highest BCUT2D eigenvalue weighted by Gasteiger charge is 2.24. The van der Waals surface area contributed by atoms with Crippen LogP contribution in [-0.2, 0) is 11.4 Å². The zero-order valence-corrected chi connectivity index (χ0v) is 18.8. The molecule has 3 rings (SSSR count). The molecule has 0 aliphatic carbocycles. The van der Waals surface area contributed by atoms with Crippen LogP contribution in [0.5, 0.6) is 11.5 Å². The molecular formula is C26H28N2O5. The molecule has 2 atom stereocenters. The van der Waals surface area contributed by atoms with Crippen LogP contribution in [0.15, 0.2) is 78.9 Å². The van der Waals surface area contributed by atoms with Gasteiger partial charge >= 0.3 is 0 Å². The van der Waals surface area contributed by atoms with Crippen LogP contribution in [0.25, 0.3) is 0 Å². The second kappa shape index (κ2) is 11.7. The average Bonchev–Trinajstić information content (AvgIpc) is 2.83. The molecule has 0 aliphatic rings. The Morgan fingerprint density at radius 3 is 2.27 bits per heavy atom. The number of amides is 1. The van der Waals surface area contributed by atoms with Gasteiger partial charge in [-0.2, -0.15) is 0 Å². The molecule has 1 amide bonds. The summed E-state index contributed by atoms with van der Waals surface area (Å²) in [6, 6.07) is 24.2. The Morgan fingerprint density at radius 2 is 1.64 bits per heavy atom. The Balaban J connectivity index is 1.75. The van der Waals surface area contributed by atoms with E-state index in [1.807, 2.05) is 67.6 Å². The topological polar surface area (TPSA) is 90.7 Å². The van der Waals surface area contributed by atoms with Gasteiger partial charge in [-0.1, -0.05) is 66.7 Å². The van der Waals surface area contributed by atoms with Gasteiger partial charge in [-0.05, 0) is 35.7 Å². The van der Waals surface area contributed by atoms with Crippen LogP contribution in [0.3, 0.4) is 0 Å². The predicted octanol–water partition coefficient (Wildman–Crippen LogP) is 4.90. The fourth-order valence-electron chi connectivity index (χ4n) is 3.61. The number of nitro groups is 1. The van der Waals surface area contributed by atoms with E-state index in [1.54, 1.807) is 18.2 Å². The van der Waals surface area contributed by atoms with E-state index in [0.717, 1.165) is 11.1 Å². The van der Waals surface area contributed by atoms with Gasteiger partial charge in [-0.15, -0.1) is 0 Å². The molecular weight excluding hydrogens is 420 g/mol. The molecule has 172 valence electrons. The van der Waals surface area contributed by atoms with E-state index >= 15 is 0 Å². The maximum absolute atomic E-state index is 12.7. The van der Waals surface area contributed by atoms with Gasteiger partial charge in [-0.3, -0.25) is 14.9 Å². The molecule has 0 unspecified atom stereocenters. The lowest BCUT2D eigenvalue weighted by atomic mass is 9.94. The molecule has 0 spiro atoms. The lowest BCUT2D eigenvalue weighted by Crippen LogP contribution is -2.29. The first-order valence-electron chi connectivity index (χ1n) is 10.8. The summed E-state index contributed by atoms with van der Waals surface area (Å²) < 4.78 is 11.3. The third kappa shape index (κ3) is 7.07. The van der Waals surface area contributed by atoms with Crippen molar-refractivity contribution in [1.82, 2.24) is 5.32 Å². The summed E-state index contributed by atoms with van der Waals surface area (Å²) in [5, 5.41) is 14.3. The molecule has 0 saturated carbocycles. The molecule has 0 bridgehead atoms. The molecule has 3 aromatic rings. The summed E-state index contributed by atoms with van der Waals surface area (Å²) in [6.07, 6.45) is -0.0113. The third-order valence-electron chi connectivity index (χ3n) is 5.37. The standard InChI is InChI=1S/C26H28N2O5/c1-19(21-11-7-4-8-12-21)27-26(29)16-23(17-28(30)31)22-13-14-24(32-2)25(15-22)33-18-20-9-5-3-6-10-20/h3-15,19,23H,16-18H2,1-2H3,(H,27,29)/t19-,23-/m0/s1.